The molecule has 0 saturated heterocycles. The Morgan fingerprint density at radius 2 is 1.76 bits per heavy atom. The monoisotopic (exact) mass is 348 g/mol. The van der Waals surface area contributed by atoms with Crippen LogP contribution >= 0.6 is 0 Å². The van der Waals surface area contributed by atoms with Gasteiger partial charge in [-0.25, -0.2) is 0 Å². The molecule has 0 bridgehead atoms. The van der Waals surface area contributed by atoms with Gasteiger partial charge in [0.1, 0.15) is 0 Å². The van der Waals surface area contributed by atoms with Crippen LogP contribution in [-0.4, -0.2) is 29.7 Å². The molecule has 4 aliphatic rings. The van der Waals surface area contributed by atoms with Crippen LogP contribution in [0.4, 0.5) is 0 Å². The summed E-state index contributed by atoms with van der Waals surface area (Å²) in [7, 11) is 0. The molecule has 142 valence electrons. The molecule has 4 N–H and O–H groups in total. The Hall–Kier alpha value is -0.610. The van der Waals surface area contributed by atoms with Crippen molar-refractivity contribution in [3.63, 3.8) is 0 Å². The van der Waals surface area contributed by atoms with Crippen LogP contribution in [0.2, 0.25) is 0 Å². The maximum atomic E-state index is 11.9. The Morgan fingerprint density at radius 3 is 2.52 bits per heavy atom. The number of carbonyl (C=O) groups is 1. The molecular formula is C21H36N2O2. The van der Waals surface area contributed by atoms with Crippen molar-refractivity contribution in [1.82, 2.24) is 5.32 Å². The van der Waals surface area contributed by atoms with Gasteiger partial charge in [-0.3, -0.25) is 4.79 Å². The third-order valence-corrected chi connectivity index (χ3v) is 9.16. The molecule has 4 saturated carbocycles. The van der Waals surface area contributed by atoms with Crippen molar-refractivity contribution >= 4 is 5.91 Å². The Kier molecular flexibility index (Phi) is 4.43. The van der Waals surface area contributed by atoms with Gasteiger partial charge in [-0.05, 0) is 92.3 Å². The molecule has 0 heterocycles. The Labute approximate surface area is 152 Å². The standard InChI is InChI=1S/C21H36N2O2/c1-20-9-7-14(24)11-13(20)3-4-15-16-5-6-18(23-19(25)12-22)21(16,2)10-8-17(15)20/h13-18,24H,3-12,22H2,1-2H3,(H,23,25)/t13-,14-,15?,16?,17?,18-,20-,21-/m0/s1. The predicted octanol–water partition coefficient (Wildman–Crippen LogP) is 2.83. The molecule has 25 heavy (non-hydrogen) atoms. The average Bonchev–Trinajstić information content (AvgIpc) is 2.92. The van der Waals surface area contributed by atoms with Crippen molar-refractivity contribution < 1.29 is 9.90 Å². The summed E-state index contributed by atoms with van der Waals surface area (Å²) in [5.41, 5.74) is 6.22. The third-order valence-electron chi connectivity index (χ3n) is 9.16. The van der Waals surface area contributed by atoms with Gasteiger partial charge < -0.3 is 16.2 Å². The second-order valence-electron chi connectivity index (χ2n) is 10.0. The first-order chi connectivity index (χ1) is 11.9. The van der Waals surface area contributed by atoms with Gasteiger partial charge in [0.2, 0.25) is 5.91 Å². The Balaban J connectivity index is 1.55. The van der Waals surface area contributed by atoms with Gasteiger partial charge in [0, 0.05) is 6.04 Å². The van der Waals surface area contributed by atoms with Gasteiger partial charge >= 0.3 is 0 Å². The van der Waals surface area contributed by atoms with E-state index in [9.17, 15) is 9.90 Å². The maximum absolute atomic E-state index is 11.9. The summed E-state index contributed by atoms with van der Waals surface area (Å²) < 4.78 is 0. The van der Waals surface area contributed by atoms with Crippen LogP contribution in [0.5, 0.6) is 0 Å². The van der Waals surface area contributed by atoms with Gasteiger partial charge in [0.15, 0.2) is 0 Å². The number of aliphatic hydroxyl groups excluding tert-OH is 1. The topological polar surface area (TPSA) is 75.3 Å². The van der Waals surface area contributed by atoms with E-state index in [1.165, 1.54) is 38.5 Å². The molecule has 4 fully saturated rings. The van der Waals surface area contributed by atoms with Crippen LogP contribution < -0.4 is 11.1 Å². The van der Waals surface area contributed by atoms with E-state index >= 15 is 0 Å². The smallest absolute Gasteiger partial charge is 0.233 e. The molecule has 0 aromatic heterocycles. The molecule has 8 atom stereocenters. The van der Waals surface area contributed by atoms with Gasteiger partial charge in [0.05, 0.1) is 12.6 Å². The molecule has 0 aromatic rings. The molecule has 1 amide bonds. The van der Waals surface area contributed by atoms with Crippen LogP contribution in [0.3, 0.4) is 0 Å². The molecule has 4 rings (SSSR count). The first-order valence-electron chi connectivity index (χ1n) is 10.6. The fourth-order valence-electron chi connectivity index (χ4n) is 7.73. The summed E-state index contributed by atoms with van der Waals surface area (Å²) in [5.74, 6) is 3.11. The quantitative estimate of drug-likeness (QED) is 0.718. The number of rotatable bonds is 2. The number of hydrogen-bond acceptors (Lipinski definition) is 3. The number of carbonyl (C=O) groups excluding carboxylic acids is 1. The second-order valence-corrected chi connectivity index (χ2v) is 10.0. The van der Waals surface area contributed by atoms with Crippen LogP contribution in [0.25, 0.3) is 0 Å². The van der Waals surface area contributed by atoms with Gasteiger partial charge in [-0.2, -0.15) is 0 Å². The van der Waals surface area contributed by atoms with E-state index < -0.39 is 0 Å². The van der Waals surface area contributed by atoms with E-state index in [0.717, 1.165) is 42.9 Å². The summed E-state index contributed by atoms with van der Waals surface area (Å²) in [6.45, 7) is 5.07. The zero-order chi connectivity index (χ0) is 17.8. The van der Waals surface area contributed by atoms with Gasteiger partial charge in [0.25, 0.3) is 0 Å². The fraction of sp³-hybridized carbons (Fsp3) is 0.952. The number of fused-ring (bicyclic) bond motifs is 5. The lowest BCUT2D eigenvalue weighted by Crippen LogP contribution is -2.56. The minimum Gasteiger partial charge on any atom is -0.393 e. The van der Waals surface area contributed by atoms with Gasteiger partial charge in [-0.15, -0.1) is 0 Å². The highest BCUT2D eigenvalue weighted by molar-refractivity contribution is 5.78. The molecule has 3 unspecified atom stereocenters. The van der Waals surface area contributed by atoms with E-state index in [2.05, 4.69) is 19.2 Å². The SMILES string of the molecule is C[C@]12CCC3C(CC[C@H]4C[C@@H](O)CC[C@]34C)C1CC[C@@H]2NC(=O)CN. The van der Waals surface area contributed by atoms with E-state index in [4.69, 9.17) is 5.73 Å². The van der Waals surface area contributed by atoms with E-state index in [1.807, 2.05) is 0 Å². The summed E-state index contributed by atoms with van der Waals surface area (Å²) in [6, 6.07) is 0.313. The van der Waals surface area contributed by atoms with E-state index in [-0.39, 0.29) is 24.0 Å². The van der Waals surface area contributed by atoms with Crippen molar-refractivity contribution in [2.45, 2.75) is 83.8 Å². The summed E-state index contributed by atoms with van der Waals surface area (Å²) in [6.07, 6.45) is 10.7. The highest BCUT2D eigenvalue weighted by Gasteiger charge is 2.60. The van der Waals surface area contributed by atoms with Crippen molar-refractivity contribution in [2.75, 3.05) is 6.54 Å². The highest BCUT2D eigenvalue weighted by atomic mass is 16.3. The molecular weight excluding hydrogens is 312 g/mol. The van der Waals surface area contributed by atoms with Crippen LogP contribution in [0.1, 0.15) is 71.6 Å². The number of nitrogens with one attached hydrogen (secondary N) is 1. The molecule has 0 spiro atoms. The number of amides is 1. The van der Waals surface area contributed by atoms with Crippen molar-refractivity contribution in [1.29, 1.82) is 0 Å². The maximum Gasteiger partial charge on any atom is 0.233 e. The van der Waals surface area contributed by atoms with Crippen LogP contribution in [0, 0.1) is 34.5 Å². The van der Waals surface area contributed by atoms with Crippen molar-refractivity contribution in [2.24, 2.45) is 40.2 Å². The summed E-state index contributed by atoms with van der Waals surface area (Å²) in [5, 5.41) is 13.4. The van der Waals surface area contributed by atoms with E-state index in [0.29, 0.717) is 11.5 Å². The van der Waals surface area contributed by atoms with Crippen molar-refractivity contribution in [3.05, 3.63) is 0 Å². The predicted molar refractivity (Wildman–Crippen MR) is 98.7 cm³/mol. The first-order valence-corrected chi connectivity index (χ1v) is 10.6. The fourth-order valence-corrected chi connectivity index (χ4v) is 7.73. The summed E-state index contributed by atoms with van der Waals surface area (Å²) in [4.78, 5) is 11.9. The van der Waals surface area contributed by atoms with Gasteiger partial charge in [-0.1, -0.05) is 13.8 Å². The third kappa shape index (κ3) is 2.66. The van der Waals surface area contributed by atoms with Crippen LogP contribution in [-0.2, 0) is 4.79 Å². The second kappa shape index (κ2) is 6.23. The summed E-state index contributed by atoms with van der Waals surface area (Å²) >= 11 is 0. The molecule has 0 aromatic carbocycles. The van der Waals surface area contributed by atoms with E-state index in [1.54, 1.807) is 0 Å². The number of nitrogens with two attached hydrogens (primary N) is 1. The zero-order valence-corrected chi connectivity index (χ0v) is 16.0. The largest absolute Gasteiger partial charge is 0.393 e. The number of aliphatic hydroxyl groups is 1. The minimum absolute atomic E-state index is 0.00550. The Bertz CT molecular complexity index is 538. The zero-order valence-electron chi connectivity index (χ0n) is 16.0. The molecule has 0 aliphatic heterocycles. The average molecular weight is 349 g/mol. The number of hydrogen-bond donors (Lipinski definition) is 3. The molecule has 4 nitrogen and oxygen atoms in total. The lowest BCUT2D eigenvalue weighted by atomic mass is 9.45. The Morgan fingerprint density at radius 1 is 1.04 bits per heavy atom. The first kappa shape index (κ1) is 17.8. The molecule has 4 heteroatoms. The van der Waals surface area contributed by atoms with Crippen molar-refractivity contribution in [3.8, 4) is 0 Å². The lowest BCUT2D eigenvalue weighted by Gasteiger charge is -2.60. The lowest BCUT2D eigenvalue weighted by molar-refractivity contribution is -0.129. The minimum atomic E-state index is -0.0641. The normalized spacial score (nSPS) is 52.0. The molecule has 0 radical (unpaired) electrons. The van der Waals surface area contributed by atoms with Crippen LogP contribution in [0.15, 0.2) is 0 Å². The molecule has 4 aliphatic carbocycles. The highest BCUT2D eigenvalue weighted by Crippen LogP contribution is 2.66.